The lowest BCUT2D eigenvalue weighted by atomic mass is 9.87. The molecule has 0 bridgehead atoms. The Morgan fingerprint density at radius 3 is 2.05 bits per heavy atom. The number of hydrogen-bond acceptors (Lipinski definition) is 4. The van der Waals surface area contributed by atoms with Crippen molar-refractivity contribution in [2.45, 2.75) is 32.3 Å². The second kappa shape index (κ2) is 9.10. The van der Waals surface area contributed by atoms with E-state index in [2.05, 4.69) is 20.8 Å². The Kier molecular flexibility index (Phi) is 7.82. The van der Waals surface area contributed by atoms with Gasteiger partial charge in [-0.05, 0) is 23.1 Å². The predicted octanol–water partition coefficient (Wildman–Crippen LogP) is -0.407. The Morgan fingerprint density at radius 1 is 1.05 bits per heavy atom. The predicted molar refractivity (Wildman–Crippen MR) is 86.4 cm³/mol. The fraction of sp³-hybridized carbons (Fsp3) is 0.647. The van der Waals surface area contributed by atoms with Crippen LogP contribution < -0.4 is 9.64 Å². The van der Waals surface area contributed by atoms with Gasteiger partial charge in [-0.15, -0.1) is 0 Å². The number of nitrogens with one attached hydrogen (secondary N) is 1. The summed E-state index contributed by atoms with van der Waals surface area (Å²) in [5.74, 6) is 0.734. The topological polar surface area (TPSA) is 74.4 Å². The lowest BCUT2D eigenvalue weighted by Crippen LogP contribution is -3.14. The van der Waals surface area contributed by atoms with E-state index in [0.29, 0.717) is 19.6 Å². The maximum absolute atomic E-state index is 10.0. The summed E-state index contributed by atoms with van der Waals surface area (Å²) in [6, 6.07) is 7.91. The summed E-state index contributed by atoms with van der Waals surface area (Å²) in [7, 11) is 0. The molecule has 5 nitrogen and oxygen atoms in total. The average Bonchev–Trinajstić information content (AvgIpc) is 2.45. The van der Waals surface area contributed by atoms with E-state index < -0.39 is 6.10 Å². The Balaban J connectivity index is 2.44. The molecule has 0 radical (unpaired) electrons. The van der Waals surface area contributed by atoms with Gasteiger partial charge in [0.05, 0.1) is 13.2 Å². The normalized spacial score (nSPS) is 13.4. The molecule has 0 aromatic heterocycles. The highest BCUT2D eigenvalue weighted by molar-refractivity contribution is 5.31. The fourth-order valence-corrected chi connectivity index (χ4v) is 2.28. The average molecular weight is 312 g/mol. The highest BCUT2D eigenvalue weighted by Gasteiger charge is 2.16. The first kappa shape index (κ1) is 18.9. The summed E-state index contributed by atoms with van der Waals surface area (Å²) in [5.41, 5.74) is 1.35. The van der Waals surface area contributed by atoms with Crippen LogP contribution in [-0.4, -0.2) is 60.9 Å². The van der Waals surface area contributed by atoms with Crippen LogP contribution in [0.25, 0.3) is 0 Å². The molecule has 0 unspecified atom stereocenters. The van der Waals surface area contributed by atoms with Crippen LogP contribution >= 0.6 is 0 Å². The Labute approximate surface area is 133 Å². The Bertz CT molecular complexity index is 408. The third kappa shape index (κ3) is 6.75. The summed E-state index contributed by atoms with van der Waals surface area (Å²) in [6.45, 7) is 8.23. The molecule has 22 heavy (non-hydrogen) atoms. The number of rotatable bonds is 9. The molecule has 0 heterocycles. The molecule has 126 valence electrons. The van der Waals surface area contributed by atoms with E-state index in [-0.39, 0.29) is 25.2 Å². The van der Waals surface area contributed by atoms with Crippen LogP contribution in [0.5, 0.6) is 5.75 Å². The molecule has 0 aliphatic rings. The first-order chi connectivity index (χ1) is 10.4. The van der Waals surface area contributed by atoms with Gasteiger partial charge in [-0.3, -0.25) is 0 Å². The van der Waals surface area contributed by atoms with E-state index in [1.165, 1.54) is 5.56 Å². The fourth-order valence-electron chi connectivity index (χ4n) is 2.28. The van der Waals surface area contributed by atoms with E-state index in [1.807, 2.05) is 24.3 Å². The first-order valence-corrected chi connectivity index (χ1v) is 7.83. The van der Waals surface area contributed by atoms with Crippen molar-refractivity contribution in [2.24, 2.45) is 0 Å². The second-order valence-electron chi connectivity index (χ2n) is 6.64. The minimum absolute atomic E-state index is 0.0389. The highest BCUT2D eigenvalue weighted by Crippen LogP contribution is 2.24. The number of aliphatic hydroxyl groups excluding tert-OH is 3. The summed E-state index contributed by atoms with van der Waals surface area (Å²) in [5, 5.41) is 27.9. The van der Waals surface area contributed by atoms with Gasteiger partial charge in [-0.2, -0.15) is 0 Å². The molecule has 1 rings (SSSR count). The number of aliphatic hydroxyl groups is 3. The largest absolute Gasteiger partial charge is 0.491 e. The van der Waals surface area contributed by atoms with Crippen molar-refractivity contribution in [3.8, 4) is 5.75 Å². The van der Waals surface area contributed by atoms with Crippen LogP contribution in [-0.2, 0) is 5.41 Å². The van der Waals surface area contributed by atoms with Gasteiger partial charge >= 0.3 is 0 Å². The zero-order valence-electron chi connectivity index (χ0n) is 13.9. The quantitative estimate of drug-likeness (QED) is 0.500. The van der Waals surface area contributed by atoms with Gasteiger partial charge in [0.2, 0.25) is 0 Å². The monoisotopic (exact) mass is 312 g/mol. The number of hydrogen-bond donors (Lipinski definition) is 4. The van der Waals surface area contributed by atoms with E-state index in [1.54, 1.807) is 0 Å². The first-order valence-electron chi connectivity index (χ1n) is 7.83. The van der Waals surface area contributed by atoms with E-state index in [9.17, 15) is 5.11 Å². The molecule has 0 aliphatic carbocycles. The Morgan fingerprint density at radius 2 is 1.59 bits per heavy atom. The van der Waals surface area contributed by atoms with Crippen molar-refractivity contribution >= 4 is 0 Å². The van der Waals surface area contributed by atoms with Gasteiger partial charge in [0.25, 0.3) is 0 Å². The molecular weight excluding hydrogens is 282 g/mol. The molecule has 4 N–H and O–H groups in total. The molecule has 1 atom stereocenters. The van der Waals surface area contributed by atoms with Crippen LogP contribution in [0.1, 0.15) is 26.3 Å². The summed E-state index contributed by atoms with van der Waals surface area (Å²) in [6.07, 6.45) is -0.629. The van der Waals surface area contributed by atoms with Gasteiger partial charge in [-0.25, -0.2) is 0 Å². The maximum Gasteiger partial charge on any atom is 0.137 e. The molecule has 1 aromatic carbocycles. The van der Waals surface area contributed by atoms with E-state index >= 15 is 0 Å². The van der Waals surface area contributed by atoms with E-state index in [0.717, 1.165) is 10.6 Å². The van der Waals surface area contributed by atoms with Crippen molar-refractivity contribution in [3.63, 3.8) is 0 Å². The van der Waals surface area contributed by atoms with Crippen LogP contribution in [0, 0.1) is 0 Å². The molecule has 0 spiro atoms. The smallest absolute Gasteiger partial charge is 0.137 e. The zero-order valence-corrected chi connectivity index (χ0v) is 13.9. The van der Waals surface area contributed by atoms with Gasteiger partial charge in [-0.1, -0.05) is 32.9 Å². The summed E-state index contributed by atoms with van der Waals surface area (Å²) < 4.78 is 5.60. The third-order valence-electron chi connectivity index (χ3n) is 3.62. The highest BCUT2D eigenvalue weighted by atomic mass is 16.5. The van der Waals surface area contributed by atoms with Gasteiger partial charge < -0.3 is 25.0 Å². The third-order valence-corrected chi connectivity index (χ3v) is 3.62. The van der Waals surface area contributed by atoms with Crippen molar-refractivity contribution in [1.82, 2.24) is 0 Å². The molecule has 5 heteroatoms. The number of benzene rings is 1. The maximum atomic E-state index is 10.0. The van der Waals surface area contributed by atoms with Gasteiger partial charge in [0.15, 0.2) is 0 Å². The molecule has 0 saturated carbocycles. The number of quaternary nitrogens is 1. The molecule has 0 saturated heterocycles. The SMILES string of the molecule is CC(C)(C)c1ccc(OC[C@@H](O)C[NH+](CCO)CCO)cc1. The van der Waals surface area contributed by atoms with Crippen molar-refractivity contribution in [3.05, 3.63) is 29.8 Å². The molecule has 0 amide bonds. The van der Waals surface area contributed by atoms with Crippen LogP contribution in [0.2, 0.25) is 0 Å². The van der Waals surface area contributed by atoms with Gasteiger partial charge in [0.1, 0.15) is 38.1 Å². The summed E-state index contributed by atoms with van der Waals surface area (Å²) in [4.78, 5) is 0.962. The van der Waals surface area contributed by atoms with Crippen molar-refractivity contribution in [2.75, 3.05) is 39.5 Å². The van der Waals surface area contributed by atoms with Crippen molar-refractivity contribution < 1.29 is 25.0 Å². The van der Waals surface area contributed by atoms with Gasteiger partial charge in [0, 0.05) is 0 Å². The molecule has 0 fully saturated rings. The standard InChI is InChI=1S/C17H29NO4/c1-17(2,3)14-4-6-16(7-5-14)22-13-15(21)12-18(8-10-19)9-11-20/h4-7,15,19-21H,8-13H2,1-3H3/p+1/t15-/m0/s1. The second-order valence-corrected chi connectivity index (χ2v) is 6.64. The van der Waals surface area contributed by atoms with Crippen LogP contribution in [0.15, 0.2) is 24.3 Å². The molecule has 0 aliphatic heterocycles. The minimum atomic E-state index is -0.629. The lowest BCUT2D eigenvalue weighted by Gasteiger charge is -2.21. The lowest BCUT2D eigenvalue weighted by molar-refractivity contribution is -0.903. The summed E-state index contributed by atoms with van der Waals surface area (Å²) >= 11 is 0. The number of ether oxygens (including phenoxy) is 1. The van der Waals surface area contributed by atoms with Crippen LogP contribution in [0.4, 0.5) is 0 Å². The van der Waals surface area contributed by atoms with E-state index in [4.69, 9.17) is 14.9 Å². The Hall–Kier alpha value is -1.14. The molecule has 1 aromatic rings. The van der Waals surface area contributed by atoms with Crippen LogP contribution in [0.3, 0.4) is 0 Å². The molecular formula is C17H30NO4+. The zero-order chi connectivity index (χ0) is 16.6. The minimum Gasteiger partial charge on any atom is -0.491 e. The van der Waals surface area contributed by atoms with Crippen molar-refractivity contribution in [1.29, 1.82) is 0 Å².